The van der Waals surface area contributed by atoms with Crippen molar-refractivity contribution in [1.82, 2.24) is 0 Å². The number of hydrogen-bond acceptors (Lipinski definition) is 2. The van der Waals surface area contributed by atoms with E-state index in [4.69, 9.17) is 4.74 Å². The Balaban J connectivity index is 2.65. The molecule has 1 rings (SSSR count). The third-order valence-electron chi connectivity index (χ3n) is 3.08. The van der Waals surface area contributed by atoms with Gasteiger partial charge in [0.1, 0.15) is 6.61 Å². The predicted octanol–water partition coefficient (Wildman–Crippen LogP) is 4.39. The topological polar surface area (TPSA) is 26.3 Å². The first kappa shape index (κ1) is 15.5. The second kappa shape index (κ2) is 8.52. The van der Waals surface area contributed by atoms with Gasteiger partial charge in [0, 0.05) is 6.92 Å². The van der Waals surface area contributed by atoms with E-state index in [2.05, 4.69) is 44.2 Å². The quantitative estimate of drug-likeness (QED) is 0.680. The van der Waals surface area contributed by atoms with Gasteiger partial charge in [-0.1, -0.05) is 50.6 Å². The van der Waals surface area contributed by atoms with Gasteiger partial charge in [-0.3, -0.25) is 4.79 Å². The fraction of sp³-hybridized carbons (Fsp3) is 0.471. The van der Waals surface area contributed by atoms with Crippen LogP contribution in [0.2, 0.25) is 0 Å². The van der Waals surface area contributed by atoms with Crippen molar-refractivity contribution in [3.8, 4) is 0 Å². The minimum absolute atomic E-state index is 0.228. The molecule has 0 bridgehead atoms. The molecule has 0 aliphatic heterocycles. The Kier molecular flexibility index (Phi) is 6.94. The minimum atomic E-state index is -0.228. The molecule has 2 nitrogen and oxygen atoms in total. The molecule has 0 amide bonds. The lowest BCUT2D eigenvalue weighted by Crippen LogP contribution is -2.02. The zero-order chi connectivity index (χ0) is 14.1. The van der Waals surface area contributed by atoms with Crippen LogP contribution < -0.4 is 0 Å². The van der Waals surface area contributed by atoms with Gasteiger partial charge in [0.05, 0.1) is 0 Å². The van der Waals surface area contributed by atoms with E-state index < -0.39 is 0 Å². The minimum Gasteiger partial charge on any atom is -0.461 e. The molecule has 0 aliphatic carbocycles. The highest BCUT2D eigenvalue weighted by Crippen LogP contribution is 2.13. The number of carbonyl (C=O) groups excluding carboxylic acids is 1. The number of unbranched alkanes of at least 4 members (excludes halogenated alkanes) is 1. The Labute approximate surface area is 116 Å². The maximum Gasteiger partial charge on any atom is 0.302 e. The molecule has 0 unspecified atom stereocenters. The number of benzene rings is 1. The van der Waals surface area contributed by atoms with Crippen LogP contribution in [-0.2, 0) is 16.0 Å². The van der Waals surface area contributed by atoms with Crippen LogP contribution in [0.4, 0.5) is 0 Å². The zero-order valence-electron chi connectivity index (χ0n) is 12.2. The van der Waals surface area contributed by atoms with Crippen LogP contribution in [0.25, 0.3) is 6.08 Å². The molecule has 0 saturated carbocycles. The van der Waals surface area contributed by atoms with Crippen molar-refractivity contribution in [2.45, 2.75) is 46.5 Å². The standard InChI is InChI=1S/C17H24O2/c1-4-6-7-16-8-10-17(11-9-16)12-15(5-2)13-19-14(3)18/h8-12H,4-7,13H2,1-3H3. The molecular formula is C17H24O2. The number of esters is 1. The highest BCUT2D eigenvalue weighted by atomic mass is 16.5. The van der Waals surface area contributed by atoms with Crippen LogP contribution in [0.15, 0.2) is 29.8 Å². The van der Waals surface area contributed by atoms with Crippen molar-refractivity contribution in [2.75, 3.05) is 6.61 Å². The highest BCUT2D eigenvalue weighted by molar-refractivity contribution is 5.66. The Bertz CT molecular complexity index is 415. The Morgan fingerprint density at radius 2 is 1.89 bits per heavy atom. The van der Waals surface area contributed by atoms with Gasteiger partial charge in [0.15, 0.2) is 0 Å². The molecule has 1 aromatic rings. The van der Waals surface area contributed by atoms with Crippen molar-refractivity contribution in [1.29, 1.82) is 0 Å². The lowest BCUT2D eigenvalue weighted by Gasteiger charge is -2.06. The summed E-state index contributed by atoms with van der Waals surface area (Å²) in [4.78, 5) is 10.8. The fourth-order valence-electron chi connectivity index (χ4n) is 1.84. The second-order valence-electron chi connectivity index (χ2n) is 4.78. The summed E-state index contributed by atoms with van der Waals surface area (Å²) in [6.45, 7) is 6.11. The average molecular weight is 260 g/mol. The Morgan fingerprint density at radius 1 is 1.21 bits per heavy atom. The number of rotatable bonds is 7. The van der Waals surface area contributed by atoms with Crippen LogP contribution in [0.1, 0.15) is 51.2 Å². The van der Waals surface area contributed by atoms with Gasteiger partial charge in [0.2, 0.25) is 0 Å². The summed E-state index contributed by atoms with van der Waals surface area (Å²) < 4.78 is 5.04. The molecule has 1 aromatic carbocycles. The Morgan fingerprint density at radius 3 is 2.42 bits per heavy atom. The monoisotopic (exact) mass is 260 g/mol. The summed E-state index contributed by atoms with van der Waals surface area (Å²) >= 11 is 0. The van der Waals surface area contributed by atoms with Gasteiger partial charge in [-0.25, -0.2) is 0 Å². The molecule has 0 heterocycles. The van der Waals surface area contributed by atoms with E-state index in [0.717, 1.165) is 18.4 Å². The molecule has 19 heavy (non-hydrogen) atoms. The van der Waals surface area contributed by atoms with E-state index in [1.54, 1.807) is 0 Å². The largest absolute Gasteiger partial charge is 0.461 e. The van der Waals surface area contributed by atoms with Gasteiger partial charge in [0.25, 0.3) is 0 Å². The third-order valence-corrected chi connectivity index (χ3v) is 3.08. The van der Waals surface area contributed by atoms with Gasteiger partial charge in [-0.2, -0.15) is 0 Å². The van der Waals surface area contributed by atoms with E-state index in [9.17, 15) is 4.79 Å². The van der Waals surface area contributed by atoms with E-state index in [1.807, 2.05) is 0 Å². The fourth-order valence-corrected chi connectivity index (χ4v) is 1.84. The van der Waals surface area contributed by atoms with Crippen molar-refractivity contribution >= 4 is 12.0 Å². The first-order valence-corrected chi connectivity index (χ1v) is 7.07. The lowest BCUT2D eigenvalue weighted by molar-refractivity contribution is -0.139. The van der Waals surface area contributed by atoms with Crippen molar-refractivity contribution in [3.05, 3.63) is 41.0 Å². The summed E-state index contributed by atoms with van der Waals surface area (Å²) in [6, 6.07) is 8.63. The molecule has 0 atom stereocenters. The average Bonchev–Trinajstić information content (AvgIpc) is 2.42. The zero-order valence-corrected chi connectivity index (χ0v) is 12.2. The van der Waals surface area contributed by atoms with Crippen molar-refractivity contribution in [3.63, 3.8) is 0 Å². The number of carbonyl (C=O) groups is 1. The molecule has 2 heteroatoms. The van der Waals surface area contributed by atoms with Crippen molar-refractivity contribution < 1.29 is 9.53 Å². The van der Waals surface area contributed by atoms with Crippen LogP contribution >= 0.6 is 0 Å². The summed E-state index contributed by atoms with van der Waals surface area (Å²) in [5.74, 6) is -0.228. The highest BCUT2D eigenvalue weighted by Gasteiger charge is 1.99. The number of hydrogen-bond donors (Lipinski definition) is 0. The van der Waals surface area contributed by atoms with Crippen LogP contribution in [0, 0.1) is 0 Å². The van der Waals surface area contributed by atoms with Gasteiger partial charge in [-0.15, -0.1) is 0 Å². The van der Waals surface area contributed by atoms with Gasteiger partial charge >= 0.3 is 5.97 Å². The third kappa shape index (κ3) is 6.23. The van der Waals surface area contributed by atoms with E-state index in [0.29, 0.717) is 6.61 Å². The SMILES string of the molecule is CCCCc1ccc(C=C(CC)COC(C)=O)cc1. The summed E-state index contributed by atoms with van der Waals surface area (Å²) in [5, 5.41) is 0. The van der Waals surface area contributed by atoms with Gasteiger partial charge in [-0.05, 0) is 36.0 Å². The molecule has 0 aromatic heterocycles. The molecule has 0 spiro atoms. The molecule has 0 radical (unpaired) electrons. The molecule has 104 valence electrons. The lowest BCUT2D eigenvalue weighted by atomic mass is 10.0. The predicted molar refractivity (Wildman–Crippen MR) is 80.0 cm³/mol. The maximum absolute atomic E-state index is 10.8. The van der Waals surface area contributed by atoms with E-state index in [1.165, 1.54) is 30.9 Å². The second-order valence-corrected chi connectivity index (χ2v) is 4.78. The van der Waals surface area contributed by atoms with Crippen LogP contribution in [0.5, 0.6) is 0 Å². The van der Waals surface area contributed by atoms with Crippen LogP contribution in [0.3, 0.4) is 0 Å². The maximum atomic E-state index is 10.8. The summed E-state index contributed by atoms with van der Waals surface area (Å²) in [5.41, 5.74) is 3.69. The molecular weight excluding hydrogens is 236 g/mol. The smallest absolute Gasteiger partial charge is 0.302 e. The van der Waals surface area contributed by atoms with E-state index in [-0.39, 0.29) is 5.97 Å². The normalized spacial score (nSPS) is 11.4. The number of aryl methyl sites for hydroxylation is 1. The van der Waals surface area contributed by atoms with E-state index >= 15 is 0 Å². The number of ether oxygens (including phenoxy) is 1. The molecule has 0 aliphatic rings. The molecule has 0 fully saturated rings. The molecule has 0 N–H and O–H groups in total. The first-order chi connectivity index (χ1) is 9.15. The summed E-state index contributed by atoms with van der Waals surface area (Å²) in [6.07, 6.45) is 6.61. The summed E-state index contributed by atoms with van der Waals surface area (Å²) in [7, 11) is 0. The van der Waals surface area contributed by atoms with Gasteiger partial charge < -0.3 is 4.74 Å². The van der Waals surface area contributed by atoms with Crippen molar-refractivity contribution in [2.24, 2.45) is 0 Å². The Hall–Kier alpha value is -1.57. The first-order valence-electron chi connectivity index (χ1n) is 7.07. The van der Waals surface area contributed by atoms with Crippen LogP contribution in [-0.4, -0.2) is 12.6 Å². The molecule has 0 saturated heterocycles.